The summed E-state index contributed by atoms with van der Waals surface area (Å²) in [5.41, 5.74) is 0.561. The number of carbonyl (C=O) groups excluding carboxylic acids is 1. The molecule has 24 heavy (non-hydrogen) atoms. The zero-order chi connectivity index (χ0) is 17.3. The van der Waals surface area contributed by atoms with Gasteiger partial charge in [-0.15, -0.1) is 11.3 Å². The highest BCUT2D eigenvalue weighted by Crippen LogP contribution is 2.51. The molecular weight excluding hydrogens is 324 g/mol. The van der Waals surface area contributed by atoms with Gasteiger partial charge in [0.05, 0.1) is 18.1 Å². The smallest absolute Gasteiger partial charge is 0.254 e. The highest BCUT2D eigenvalue weighted by atomic mass is 32.1. The van der Waals surface area contributed by atoms with Gasteiger partial charge in [-0.05, 0) is 44.9 Å². The molecule has 2 aliphatic rings. The fourth-order valence-electron chi connectivity index (χ4n) is 4.29. The maximum Gasteiger partial charge on any atom is 0.254 e. The average molecular weight is 350 g/mol. The molecule has 2 aliphatic carbocycles. The lowest BCUT2D eigenvalue weighted by atomic mass is 9.59. The Morgan fingerprint density at radius 3 is 3.12 bits per heavy atom. The van der Waals surface area contributed by atoms with Crippen LogP contribution in [-0.2, 0) is 16.1 Å². The van der Waals surface area contributed by atoms with Crippen LogP contribution in [0, 0.1) is 18.3 Å². The number of methoxy groups -OCH3 is 1. The van der Waals surface area contributed by atoms with Crippen LogP contribution in [0.15, 0.2) is 23.3 Å². The van der Waals surface area contributed by atoms with Crippen molar-refractivity contribution in [2.75, 3.05) is 13.7 Å². The third-order valence-corrected chi connectivity index (χ3v) is 6.04. The molecule has 3 rings (SSSR count). The molecule has 0 spiro atoms. The third-order valence-electron chi connectivity index (χ3n) is 5.10. The number of hydrogen-bond acceptors (Lipinski definition) is 4. The number of aliphatic hydroxyl groups is 1. The van der Waals surface area contributed by atoms with E-state index in [0.29, 0.717) is 31.9 Å². The predicted octanol–water partition coefficient (Wildman–Crippen LogP) is 2.43. The normalized spacial score (nSPS) is 30.6. The van der Waals surface area contributed by atoms with Crippen molar-refractivity contribution < 1.29 is 14.6 Å². The number of aliphatic hydroxyl groups excluding tert-OH is 1. The summed E-state index contributed by atoms with van der Waals surface area (Å²) in [7, 11) is 1.66. The summed E-state index contributed by atoms with van der Waals surface area (Å²) in [4.78, 5) is 19.4. The predicted molar refractivity (Wildman–Crippen MR) is 93.6 cm³/mol. The SMILES string of the molecule is C=C1C[C@H]2C[C@@H](O)C[C@@](C(=O)N=c3sc(C)cn3CCOC)(C1)C2. The number of nitrogens with zero attached hydrogens (tertiary/aromatic N) is 2. The Kier molecular flexibility index (Phi) is 5.08. The van der Waals surface area contributed by atoms with E-state index in [-0.39, 0.29) is 5.91 Å². The number of fused-ring (bicyclic) bond motifs is 2. The molecule has 0 radical (unpaired) electrons. The van der Waals surface area contributed by atoms with Crippen LogP contribution in [0.5, 0.6) is 0 Å². The molecule has 2 bridgehead atoms. The number of carbonyl (C=O) groups is 1. The van der Waals surface area contributed by atoms with Crippen molar-refractivity contribution in [3.05, 3.63) is 28.0 Å². The number of thiazole rings is 1. The first-order valence-electron chi connectivity index (χ1n) is 8.51. The van der Waals surface area contributed by atoms with Crippen molar-refractivity contribution in [2.24, 2.45) is 16.3 Å². The van der Waals surface area contributed by atoms with Crippen molar-refractivity contribution in [2.45, 2.75) is 51.7 Å². The molecular formula is C18H26N2O3S. The fraction of sp³-hybridized carbons (Fsp3) is 0.667. The number of rotatable bonds is 4. The molecule has 1 N–H and O–H groups in total. The molecule has 1 heterocycles. The van der Waals surface area contributed by atoms with Gasteiger partial charge in [0.25, 0.3) is 5.91 Å². The van der Waals surface area contributed by atoms with Crippen molar-refractivity contribution >= 4 is 17.2 Å². The first-order chi connectivity index (χ1) is 11.4. The molecule has 2 saturated carbocycles. The number of ether oxygens (including phenoxy) is 1. The number of allylic oxidation sites excluding steroid dienone is 1. The van der Waals surface area contributed by atoms with Crippen LogP contribution in [0.2, 0.25) is 0 Å². The Morgan fingerprint density at radius 1 is 1.58 bits per heavy atom. The van der Waals surface area contributed by atoms with Crippen LogP contribution in [0.4, 0.5) is 0 Å². The third kappa shape index (κ3) is 3.55. The zero-order valence-electron chi connectivity index (χ0n) is 14.5. The second-order valence-corrected chi connectivity index (χ2v) is 8.52. The minimum absolute atomic E-state index is 0.0971. The van der Waals surface area contributed by atoms with Gasteiger partial charge < -0.3 is 14.4 Å². The molecule has 132 valence electrons. The zero-order valence-corrected chi connectivity index (χ0v) is 15.3. The molecule has 1 aromatic rings. The van der Waals surface area contributed by atoms with Gasteiger partial charge in [0.2, 0.25) is 0 Å². The number of hydrogen-bond donors (Lipinski definition) is 1. The van der Waals surface area contributed by atoms with E-state index < -0.39 is 11.5 Å². The largest absolute Gasteiger partial charge is 0.393 e. The van der Waals surface area contributed by atoms with E-state index in [1.807, 2.05) is 17.7 Å². The van der Waals surface area contributed by atoms with E-state index in [1.54, 1.807) is 7.11 Å². The van der Waals surface area contributed by atoms with Crippen molar-refractivity contribution in [1.82, 2.24) is 4.57 Å². The Hall–Kier alpha value is -1.24. The van der Waals surface area contributed by atoms with E-state index in [0.717, 1.165) is 34.5 Å². The van der Waals surface area contributed by atoms with Crippen LogP contribution in [0.25, 0.3) is 0 Å². The lowest BCUT2D eigenvalue weighted by molar-refractivity contribution is -0.135. The molecule has 2 fully saturated rings. The molecule has 0 saturated heterocycles. The summed E-state index contributed by atoms with van der Waals surface area (Å²) < 4.78 is 7.11. The molecule has 1 aromatic heterocycles. The summed E-state index contributed by atoms with van der Waals surface area (Å²) in [6.45, 7) is 7.40. The van der Waals surface area contributed by atoms with E-state index in [1.165, 1.54) is 11.3 Å². The van der Waals surface area contributed by atoms with Crippen LogP contribution < -0.4 is 4.80 Å². The first-order valence-corrected chi connectivity index (χ1v) is 9.33. The molecule has 6 heteroatoms. The maximum absolute atomic E-state index is 13.1. The van der Waals surface area contributed by atoms with Gasteiger partial charge >= 0.3 is 0 Å². The van der Waals surface area contributed by atoms with Gasteiger partial charge in [0, 0.05) is 24.7 Å². The second kappa shape index (κ2) is 6.94. The summed E-state index contributed by atoms with van der Waals surface area (Å²) in [5, 5.41) is 10.2. The van der Waals surface area contributed by atoms with Crippen LogP contribution in [0.1, 0.15) is 37.0 Å². The summed E-state index contributed by atoms with van der Waals surface area (Å²) in [6.07, 6.45) is 5.30. The Bertz CT molecular complexity index is 701. The van der Waals surface area contributed by atoms with Crippen molar-refractivity contribution in [1.29, 1.82) is 0 Å². The molecule has 5 nitrogen and oxygen atoms in total. The minimum Gasteiger partial charge on any atom is -0.393 e. The molecule has 3 atom stereocenters. The highest BCUT2D eigenvalue weighted by molar-refractivity contribution is 7.09. The molecule has 0 aliphatic heterocycles. The van der Waals surface area contributed by atoms with Gasteiger partial charge in [-0.3, -0.25) is 4.79 Å². The fourth-order valence-corrected chi connectivity index (χ4v) is 5.15. The average Bonchev–Trinajstić information content (AvgIpc) is 2.83. The maximum atomic E-state index is 13.1. The standard InChI is InChI=1S/C18H26N2O3S/c1-12-6-14-7-15(21)10-18(8-12,9-14)16(22)19-17-20(4-5-23-3)11-13(2)24-17/h11,14-15,21H,1,4-10H2,2-3H3/t14-,15+,18+/m0/s1. The minimum atomic E-state index is -0.561. The van der Waals surface area contributed by atoms with E-state index in [2.05, 4.69) is 11.6 Å². The van der Waals surface area contributed by atoms with E-state index in [9.17, 15) is 9.90 Å². The monoisotopic (exact) mass is 350 g/mol. The summed E-state index contributed by atoms with van der Waals surface area (Å²) >= 11 is 1.52. The topological polar surface area (TPSA) is 63.8 Å². The lowest BCUT2D eigenvalue weighted by Crippen LogP contribution is -2.45. The molecule has 1 amide bonds. The Labute approximate surface area is 146 Å². The van der Waals surface area contributed by atoms with Gasteiger partial charge in [0.15, 0.2) is 4.80 Å². The van der Waals surface area contributed by atoms with Crippen LogP contribution in [-0.4, -0.2) is 35.4 Å². The van der Waals surface area contributed by atoms with Gasteiger partial charge in [0.1, 0.15) is 0 Å². The second-order valence-electron chi connectivity index (χ2n) is 7.30. The van der Waals surface area contributed by atoms with E-state index in [4.69, 9.17) is 4.74 Å². The molecule has 0 aromatic carbocycles. The summed E-state index contributed by atoms with van der Waals surface area (Å²) in [6, 6.07) is 0. The number of aryl methyl sites for hydroxylation is 1. The molecule has 0 unspecified atom stereocenters. The van der Waals surface area contributed by atoms with Gasteiger partial charge in [-0.1, -0.05) is 12.2 Å². The van der Waals surface area contributed by atoms with Crippen molar-refractivity contribution in [3.8, 4) is 0 Å². The van der Waals surface area contributed by atoms with Crippen LogP contribution >= 0.6 is 11.3 Å². The quantitative estimate of drug-likeness (QED) is 0.848. The van der Waals surface area contributed by atoms with Crippen molar-refractivity contribution in [3.63, 3.8) is 0 Å². The number of amides is 1. The number of aromatic nitrogens is 1. The highest BCUT2D eigenvalue weighted by Gasteiger charge is 2.48. The lowest BCUT2D eigenvalue weighted by Gasteiger charge is -2.45. The van der Waals surface area contributed by atoms with Gasteiger partial charge in [-0.2, -0.15) is 4.99 Å². The van der Waals surface area contributed by atoms with Crippen LogP contribution in [0.3, 0.4) is 0 Å². The summed E-state index contributed by atoms with van der Waals surface area (Å²) in [5.74, 6) is 0.264. The van der Waals surface area contributed by atoms with Gasteiger partial charge in [-0.25, -0.2) is 0 Å². The first kappa shape index (κ1) is 17.6. The Morgan fingerprint density at radius 2 is 2.38 bits per heavy atom. The Balaban J connectivity index is 1.92. The van der Waals surface area contributed by atoms with E-state index >= 15 is 0 Å².